The second-order valence-electron chi connectivity index (χ2n) is 9.62. The van der Waals surface area contributed by atoms with Crippen molar-refractivity contribution in [3.05, 3.63) is 112 Å². The Kier molecular flexibility index (Phi) is 5.94. The summed E-state index contributed by atoms with van der Waals surface area (Å²) in [7, 11) is 0. The van der Waals surface area contributed by atoms with Gasteiger partial charge in [-0.3, -0.25) is 9.59 Å². The van der Waals surface area contributed by atoms with Crippen LogP contribution in [0.1, 0.15) is 42.7 Å². The lowest BCUT2D eigenvalue weighted by Gasteiger charge is -2.37. The molecule has 3 aliphatic rings. The van der Waals surface area contributed by atoms with Crippen LogP contribution in [0.2, 0.25) is 0 Å². The Hall–Kier alpha value is -4.46. The highest BCUT2D eigenvalue weighted by molar-refractivity contribution is 6.10. The van der Waals surface area contributed by atoms with Gasteiger partial charge in [0, 0.05) is 40.9 Å². The highest BCUT2D eigenvalue weighted by Gasteiger charge is 2.41. The summed E-state index contributed by atoms with van der Waals surface area (Å²) in [6.45, 7) is 1.85. The van der Waals surface area contributed by atoms with E-state index >= 15 is 0 Å². The fourth-order valence-electron chi connectivity index (χ4n) is 5.51. The molecule has 0 saturated carbocycles. The number of carbonyl (C=O) groups is 2. The minimum Gasteiger partial charge on any atom is -0.454 e. The Morgan fingerprint density at radius 1 is 0.947 bits per heavy atom. The van der Waals surface area contributed by atoms with Crippen LogP contribution in [0.15, 0.2) is 89.3 Å². The van der Waals surface area contributed by atoms with Crippen LogP contribution in [0.5, 0.6) is 11.5 Å². The second-order valence-corrected chi connectivity index (χ2v) is 9.62. The number of benzene rings is 3. The Labute approximate surface area is 218 Å². The number of hydrogen-bond acceptors (Lipinski definition) is 5. The van der Waals surface area contributed by atoms with E-state index in [0.29, 0.717) is 47.2 Å². The van der Waals surface area contributed by atoms with Gasteiger partial charge in [0.2, 0.25) is 6.79 Å². The standard InChI is InChI=1S/C30H24F2N2O4/c1-16-27(30(36)34-22-9-8-20(31)14-21(22)32)28(18-7-10-25-26(13-18)38-15-37-25)29-23(33-16)11-19(12-24(29)35)17-5-3-2-4-6-17/h2-10,13-14,19,28,33H,11-12,15H2,1H3,(H,34,36)/t19-,28+/m1/s1. The number of Topliss-reactive ketones (excluding diaryl/α,β-unsaturated/α-hetero) is 1. The first-order valence-corrected chi connectivity index (χ1v) is 12.3. The average Bonchev–Trinajstić information content (AvgIpc) is 3.38. The van der Waals surface area contributed by atoms with Crippen molar-refractivity contribution >= 4 is 17.4 Å². The van der Waals surface area contributed by atoms with Crippen LogP contribution in [0.4, 0.5) is 14.5 Å². The molecular weight excluding hydrogens is 490 g/mol. The van der Waals surface area contributed by atoms with Crippen molar-refractivity contribution < 1.29 is 27.8 Å². The van der Waals surface area contributed by atoms with E-state index < -0.39 is 23.5 Å². The molecule has 2 atom stereocenters. The molecule has 1 amide bonds. The number of fused-ring (bicyclic) bond motifs is 1. The summed E-state index contributed by atoms with van der Waals surface area (Å²) in [5, 5.41) is 5.88. The van der Waals surface area contributed by atoms with Crippen LogP contribution < -0.4 is 20.1 Å². The molecule has 3 aromatic carbocycles. The van der Waals surface area contributed by atoms with Gasteiger partial charge in [-0.2, -0.15) is 0 Å². The van der Waals surface area contributed by atoms with E-state index in [0.717, 1.165) is 17.3 Å². The molecule has 0 fully saturated rings. The summed E-state index contributed by atoms with van der Waals surface area (Å²) in [5.41, 5.74) is 3.70. The van der Waals surface area contributed by atoms with E-state index in [2.05, 4.69) is 10.6 Å². The lowest BCUT2D eigenvalue weighted by molar-refractivity contribution is -0.116. The maximum atomic E-state index is 14.4. The number of carbonyl (C=O) groups excluding carboxylic acids is 2. The number of halogens is 2. The summed E-state index contributed by atoms with van der Waals surface area (Å²) < 4.78 is 38.9. The first kappa shape index (κ1) is 23.9. The van der Waals surface area contributed by atoms with Gasteiger partial charge in [-0.25, -0.2) is 8.78 Å². The third-order valence-corrected chi connectivity index (χ3v) is 7.25. The van der Waals surface area contributed by atoms with Crippen molar-refractivity contribution in [3.63, 3.8) is 0 Å². The number of dihydropyridines is 1. The molecule has 6 rings (SSSR count). The van der Waals surface area contributed by atoms with Crippen molar-refractivity contribution in [2.45, 2.75) is 31.6 Å². The molecular formula is C30H24F2N2O4. The lowest BCUT2D eigenvalue weighted by atomic mass is 9.71. The molecule has 0 saturated heterocycles. The Bertz CT molecular complexity index is 1530. The maximum Gasteiger partial charge on any atom is 0.254 e. The van der Waals surface area contributed by atoms with Crippen molar-refractivity contribution in [3.8, 4) is 11.5 Å². The van der Waals surface area contributed by atoms with Crippen LogP contribution in [-0.2, 0) is 9.59 Å². The molecule has 0 bridgehead atoms. The number of allylic oxidation sites excluding steroid dienone is 3. The summed E-state index contributed by atoms with van der Waals surface area (Å²) in [6.07, 6.45) is 0.900. The van der Waals surface area contributed by atoms with E-state index in [1.807, 2.05) is 36.4 Å². The van der Waals surface area contributed by atoms with Gasteiger partial charge in [0.05, 0.1) is 5.69 Å². The molecule has 0 aromatic heterocycles. The number of anilines is 1. The summed E-state index contributed by atoms with van der Waals surface area (Å²) in [6, 6.07) is 18.2. The van der Waals surface area contributed by atoms with Gasteiger partial charge < -0.3 is 20.1 Å². The second kappa shape index (κ2) is 9.45. The summed E-state index contributed by atoms with van der Waals surface area (Å²) in [5.74, 6) is -1.90. The number of nitrogens with one attached hydrogen (secondary N) is 2. The van der Waals surface area contributed by atoms with Crippen LogP contribution >= 0.6 is 0 Å². The minimum absolute atomic E-state index is 0.00356. The van der Waals surface area contributed by atoms with Gasteiger partial charge >= 0.3 is 0 Å². The van der Waals surface area contributed by atoms with Gasteiger partial charge in [0.1, 0.15) is 11.6 Å². The van der Waals surface area contributed by atoms with Crippen LogP contribution in [0, 0.1) is 11.6 Å². The quantitative estimate of drug-likeness (QED) is 0.468. The Morgan fingerprint density at radius 2 is 1.74 bits per heavy atom. The van der Waals surface area contributed by atoms with Gasteiger partial charge in [0.25, 0.3) is 5.91 Å². The van der Waals surface area contributed by atoms with Crippen LogP contribution in [0.3, 0.4) is 0 Å². The van der Waals surface area contributed by atoms with Gasteiger partial charge in [-0.15, -0.1) is 0 Å². The first-order valence-electron chi connectivity index (χ1n) is 12.3. The Morgan fingerprint density at radius 3 is 2.53 bits per heavy atom. The molecule has 38 heavy (non-hydrogen) atoms. The smallest absolute Gasteiger partial charge is 0.254 e. The molecule has 2 aliphatic heterocycles. The Balaban J connectivity index is 1.43. The van der Waals surface area contributed by atoms with Crippen molar-refractivity contribution in [1.29, 1.82) is 0 Å². The highest BCUT2D eigenvalue weighted by atomic mass is 19.1. The monoisotopic (exact) mass is 514 g/mol. The van der Waals surface area contributed by atoms with Crippen molar-refractivity contribution in [1.82, 2.24) is 5.32 Å². The largest absolute Gasteiger partial charge is 0.454 e. The molecule has 8 heteroatoms. The fourth-order valence-corrected chi connectivity index (χ4v) is 5.51. The molecule has 3 aromatic rings. The SMILES string of the molecule is CC1=C(C(=O)Nc2ccc(F)cc2F)[C@H](c2ccc3c(c2)OCO3)C2=C(C[C@@H](c3ccccc3)CC2=O)N1. The highest BCUT2D eigenvalue weighted by Crippen LogP contribution is 2.47. The molecule has 192 valence electrons. The lowest BCUT2D eigenvalue weighted by Crippen LogP contribution is -2.37. The van der Waals surface area contributed by atoms with Crippen LogP contribution in [0.25, 0.3) is 0 Å². The third-order valence-electron chi connectivity index (χ3n) is 7.25. The molecule has 6 nitrogen and oxygen atoms in total. The maximum absolute atomic E-state index is 14.4. The topological polar surface area (TPSA) is 76.7 Å². The fraction of sp³-hybridized carbons (Fsp3) is 0.200. The number of ether oxygens (including phenoxy) is 2. The normalized spacial score (nSPS) is 20.2. The average molecular weight is 515 g/mol. The minimum atomic E-state index is -0.889. The van der Waals surface area contributed by atoms with E-state index in [1.54, 1.807) is 19.1 Å². The van der Waals surface area contributed by atoms with Gasteiger partial charge in [-0.05, 0) is 54.7 Å². The zero-order valence-corrected chi connectivity index (χ0v) is 20.5. The van der Waals surface area contributed by atoms with Gasteiger partial charge in [-0.1, -0.05) is 36.4 Å². The predicted molar refractivity (Wildman–Crippen MR) is 137 cm³/mol. The number of amides is 1. The molecule has 0 spiro atoms. The number of ketones is 1. The predicted octanol–water partition coefficient (Wildman–Crippen LogP) is 5.69. The number of hydrogen-bond donors (Lipinski definition) is 2. The summed E-state index contributed by atoms with van der Waals surface area (Å²) >= 11 is 0. The van der Waals surface area contributed by atoms with E-state index in [9.17, 15) is 18.4 Å². The van der Waals surface area contributed by atoms with Crippen LogP contribution in [-0.4, -0.2) is 18.5 Å². The molecule has 2 N–H and O–H groups in total. The third kappa shape index (κ3) is 4.22. The summed E-state index contributed by atoms with van der Waals surface area (Å²) in [4.78, 5) is 27.4. The zero-order chi connectivity index (χ0) is 26.4. The number of rotatable bonds is 4. The van der Waals surface area contributed by atoms with E-state index in [-0.39, 0.29) is 29.8 Å². The molecule has 2 heterocycles. The first-order chi connectivity index (χ1) is 18.4. The molecule has 0 unspecified atom stereocenters. The van der Waals surface area contributed by atoms with E-state index in [1.165, 1.54) is 6.07 Å². The van der Waals surface area contributed by atoms with Crippen molar-refractivity contribution in [2.24, 2.45) is 0 Å². The zero-order valence-electron chi connectivity index (χ0n) is 20.5. The molecule has 1 aliphatic carbocycles. The van der Waals surface area contributed by atoms with Gasteiger partial charge in [0.15, 0.2) is 17.3 Å². The van der Waals surface area contributed by atoms with Crippen molar-refractivity contribution in [2.75, 3.05) is 12.1 Å². The molecule has 0 radical (unpaired) electrons. The van der Waals surface area contributed by atoms with E-state index in [4.69, 9.17) is 9.47 Å².